The summed E-state index contributed by atoms with van der Waals surface area (Å²) in [6.07, 6.45) is 0.921. The summed E-state index contributed by atoms with van der Waals surface area (Å²) < 4.78 is 10.9. The minimum Gasteiger partial charge on any atom is -0.494 e. The molecule has 4 heteroatoms. The Labute approximate surface area is 142 Å². The van der Waals surface area contributed by atoms with Crippen molar-refractivity contribution in [2.45, 2.75) is 33.6 Å². The van der Waals surface area contributed by atoms with E-state index in [4.69, 9.17) is 21.1 Å². The zero-order chi connectivity index (χ0) is 16.8. The molecule has 0 aromatic heterocycles. The molecule has 0 saturated carbocycles. The molecule has 0 fully saturated rings. The highest BCUT2D eigenvalue weighted by atomic mass is 35.5. The Balaban J connectivity index is 1.76. The zero-order valence-corrected chi connectivity index (χ0v) is 14.4. The molecule has 0 bridgehead atoms. The fourth-order valence-corrected chi connectivity index (χ4v) is 2.30. The van der Waals surface area contributed by atoms with Gasteiger partial charge >= 0.3 is 5.97 Å². The summed E-state index contributed by atoms with van der Waals surface area (Å²) in [5.41, 5.74) is 2.99. The highest BCUT2D eigenvalue weighted by Gasteiger charge is 2.08. The molecule has 2 rings (SSSR count). The van der Waals surface area contributed by atoms with Gasteiger partial charge in [-0.2, -0.15) is 0 Å². The van der Waals surface area contributed by atoms with Crippen molar-refractivity contribution < 1.29 is 14.3 Å². The van der Waals surface area contributed by atoms with Crippen LogP contribution in [-0.4, -0.2) is 12.6 Å². The van der Waals surface area contributed by atoms with E-state index in [2.05, 4.69) is 0 Å². The van der Waals surface area contributed by atoms with Gasteiger partial charge in [-0.15, -0.1) is 0 Å². The molecule has 0 amide bonds. The van der Waals surface area contributed by atoms with Gasteiger partial charge in [0.25, 0.3) is 0 Å². The van der Waals surface area contributed by atoms with Gasteiger partial charge in [-0.05, 0) is 62.6 Å². The number of ether oxygens (including phenoxy) is 2. The maximum atomic E-state index is 11.9. The predicted molar refractivity (Wildman–Crippen MR) is 92.5 cm³/mol. The molecule has 122 valence electrons. The van der Waals surface area contributed by atoms with Crippen LogP contribution in [-0.2, 0) is 4.79 Å². The van der Waals surface area contributed by atoms with E-state index in [0.717, 1.165) is 16.9 Å². The molecule has 0 spiro atoms. The molecule has 0 unspecified atom stereocenters. The first-order valence-electron chi connectivity index (χ1n) is 7.62. The highest BCUT2D eigenvalue weighted by Crippen LogP contribution is 2.26. The van der Waals surface area contributed by atoms with E-state index in [1.165, 1.54) is 5.56 Å². The van der Waals surface area contributed by atoms with E-state index in [-0.39, 0.29) is 5.97 Å². The number of rotatable bonds is 6. The summed E-state index contributed by atoms with van der Waals surface area (Å²) in [5.74, 6) is 1.08. The number of aryl methyl sites for hydroxylation is 3. The number of halogens is 1. The van der Waals surface area contributed by atoms with Crippen molar-refractivity contribution in [1.82, 2.24) is 0 Å². The number of hydrogen-bond acceptors (Lipinski definition) is 3. The normalized spacial score (nSPS) is 10.4. The molecular formula is C19H21ClO3. The minimum absolute atomic E-state index is 0.265. The average Bonchev–Trinajstić information content (AvgIpc) is 2.51. The molecule has 0 aliphatic carbocycles. The Hall–Kier alpha value is -2.00. The SMILES string of the molecule is Cc1ccc(OCCCC(=O)Oc2cc(C)c(Cl)c(C)c2)cc1. The molecule has 0 N–H and O–H groups in total. The standard InChI is InChI=1S/C19H21ClO3/c1-13-6-8-16(9-7-13)22-10-4-5-18(21)23-17-11-14(2)19(20)15(3)12-17/h6-9,11-12H,4-5,10H2,1-3H3. The van der Waals surface area contributed by atoms with E-state index < -0.39 is 0 Å². The molecule has 0 atom stereocenters. The summed E-state index contributed by atoms with van der Waals surface area (Å²) in [6, 6.07) is 11.4. The fourth-order valence-electron chi connectivity index (χ4n) is 2.19. The lowest BCUT2D eigenvalue weighted by atomic mass is 10.1. The smallest absolute Gasteiger partial charge is 0.311 e. The lowest BCUT2D eigenvalue weighted by molar-refractivity contribution is -0.134. The Morgan fingerprint density at radius 2 is 1.61 bits per heavy atom. The second-order valence-electron chi connectivity index (χ2n) is 5.61. The first-order valence-corrected chi connectivity index (χ1v) is 8.00. The van der Waals surface area contributed by atoms with Crippen LogP contribution in [0.25, 0.3) is 0 Å². The van der Waals surface area contributed by atoms with Gasteiger partial charge in [0.1, 0.15) is 11.5 Å². The van der Waals surface area contributed by atoms with Crippen molar-refractivity contribution in [3.05, 3.63) is 58.1 Å². The van der Waals surface area contributed by atoms with E-state index >= 15 is 0 Å². The van der Waals surface area contributed by atoms with Crippen LogP contribution in [0.5, 0.6) is 11.5 Å². The van der Waals surface area contributed by atoms with Gasteiger partial charge in [-0.25, -0.2) is 0 Å². The van der Waals surface area contributed by atoms with Gasteiger partial charge in [-0.1, -0.05) is 29.3 Å². The summed E-state index contributed by atoms with van der Waals surface area (Å²) in [4.78, 5) is 11.9. The predicted octanol–water partition coefficient (Wildman–Crippen LogP) is 5.03. The van der Waals surface area contributed by atoms with Crippen molar-refractivity contribution in [2.24, 2.45) is 0 Å². The third-order valence-corrected chi connectivity index (χ3v) is 4.05. The van der Waals surface area contributed by atoms with Crippen LogP contribution in [0.3, 0.4) is 0 Å². The molecule has 2 aromatic carbocycles. The minimum atomic E-state index is -0.265. The molecule has 3 nitrogen and oxygen atoms in total. The molecule has 0 aliphatic heterocycles. The molecular weight excluding hydrogens is 312 g/mol. The Bertz CT molecular complexity index is 655. The number of hydrogen-bond donors (Lipinski definition) is 0. The quantitative estimate of drug-likeness (QED) is 0.423. The van der Waals surface area contributed by atoms with Crippen LogP contribution in [0.4, 0.5) is 0 Å². The van der Waals surface area contributed by atoms with E-state index in [0.29, 0.717) is 30.2 Å². The van der Waals surface area contributed by atoms with Gasteiger partial charge < -0.3 is 9.47 Å². The second-order valence-corrected chi connectivity index (χ2v) is 5.99. The van der Waals surface area contributed by atoms with Crippen molar-refractivity contribution in [1.29, 1.82) is 0 Å². The molecule has 23 heavy (non-hydrogen) atoms. The molecule has 0 heterocycles. The highest BCUT2D eigenvalue weighted by molar-refractivity contribution is 6.32. The van der Waals surface area contributed by atoms with Gasteiger partial charge in [0.15, 0.2) is 0 Å². The van der Waals surface area contributed by atoms with Crippen LogP contribution >= 0.6 is 11.6 Å². The third-order valence-electron chi connectivity index (χ3n) is 3.46. The second kappa shape index (κ2) is 8.02. The van der Waals surface area contributed by atoms with Gasteiger partial charge in [-0.3, -0.25) is 4.79 Å². The van der Waals surface area contributed by atoms with Gasteiger partial charge in [0.05, 0.1) is 6.61 Å². The van der Waals surface area contributed by atoms with E-state index in [1.54, 1.807) is 12.1 Å². The van der Waals surface area contributed by atoms with Crippen molar-refractivity contribution in [3.63, 3.8) is 0 Å². The lowest BCUT2D eigenvalue weighted by Crippen LogP contribution is -2.10. The fraction of sp³-hybridized carbons (Fsp3) is 0.316. The maximum Gasteiger partial charge on any atom is 0.311 e. The van der Waals surface area contributed by atoms with Gasteiger partial charge in [0.2, 0.25) is 0 Å². The molecule has 0 aliphatic rings. The van der Waals surface area contributed by atoms with Crippen LogP contribution in [0.15, 0.2) is 36.4 Å². The Kier molecular flexibility index (Phi) is 6.05. The molecule has 2 aromatic rings. The van der Waals surface area contributed by atoms with Crippen LogP contribution < -0.4 is 9.47 Å². The van der Waals surface area contributed by atoms with Crippen molar-refractivity contribution in [3.8, 4) is 11.5 Å². The third kappa shape index (κ3) is 5.29. The molecule has 0 saturated heterocycles. The summed E-state index contributed by atoms with van der Waals surface area (Å²) in [5, 5.41) is 0.705. The van der Waals surface area contributed by atoms with Gasteiger partial charge in [0, 0.05) is 11.4 Å². The van der Waals surface area contributed by atoms with Crippen LogP contribution in [0.2, 0.25) is 5.02 Å². The Morgan fingerprint density at radius 3 is 2.22 bits per heavy atom. The van der Waals surface area contributed by atoms with E-state index in [9.17, 15) is 4.79 Å². The van der Waals surface area contributed by atoms with Crippen molar-refractivity contribution in [2.75, 3.05) is 6.61 Å². The average molecular weight is 333 g/mol. The lowest BCUT2D eigenvalue weighted by Gasteiger charge is -2.09. The van der Waals surface area contributed by atoms with Crippen molar-refractivity contribution >= 4 is 17.6 Å². The number of benzene rings is 2. The zero-order valence-electron chi connectivity index (χ0n) is 13.7. The largest absolute Gasteiger partial charge is 0.494 e. The topological polar surface area (TPSA) is 35.5 Å². The number of carbonyl (C=O) groups excluding carboxylic acids is 1. The maximum absolute atomic E-state index is 11.9. The Morgan fingerprint density at radius 1 is 1.00 bits per heavy atom. The number of carbonyl (C=O) groups is 1. The van der Waals surface area contributed by atoms with Crippen LogP contribution in [0.1, 0.15) is 29.5 Å². The first kappa shape index (κ1) is 17.4. The number of esters is 1. The first-order chi connectivity index (χ1) is 11.0. The molecule has 0 radical (unpaired) electrons. The summed E-state index contributed by atoms with van der Waals surface area (Å²) in [6.45, 7) is 6.29. The summed E-state index contributed by atoms with van der Waals surface area (Å²) >= 11 is 6.10. The van der Waals surface area contributed by atoms with E-state index in [1.807, 2.05) is 45.0 Å². The summed E-state index contributed by atoms with van der Waals surface area (Å²) in [7, 11) is 0. The monoisotopic (exact) mass is 332 g/mol. The van der Waals surface area contributed by atoms with Crippen LogP contribution in [0, 0.1) is 20.8 Å².